The standard InChI is InChI=1S/C30H25F5/c1-2-3-4-5-20-6-10-22(11-7-20)24-15-16-26-25(19-24)14-13-23(29(26)32)12-8-21-9-17-27(28(31)18-21)30(33,34)35/h2-3,6-7,9-11,13-19H,4-5,8,12H2,1H3/b3-2+. The summed E-state index contributed by atoms with van der Waals surface area (Å²) in [5.74, 6) is -1.67. The lowest BCUT2D eigenvalue weighted by atomic mass is 9.96. The van der Waals surface area contributed by atoms with Crippen LogP contribution < -0.4 is 0 Å². The molecular formula is C30H25F5. The van der Waals surface area contributed by atoms with Crippen molar-refractivity contribution in [3.63, 3.8) is 0 Å². The van der Waals surface area contributed by atoms with Crippen LogP contribution in [-0.2, 0) is 25.4 Å². The Kier molecular flexibility index (Phi) is 7.34. The summed E-state index contributed by atoms with van der Waals surface area (Å²) >= 11 is 0. The minimum atomic E-state index is -4.74. The third-order valence-electron chi connectivity index (χ3n) is 6.18. The number of aryl methyl sites for hydroxylation is 3. The van der Waals surface area contributed by atoms with Crippen LogP contribution in [0.3, 0.4) is 0 Å². The summed E-state index contributed by atoms with van der Waals surface area (Å²) in [5, 5.41) is 1.24. The van der Waals surface area contributed by atoms with Gasteiger partial charge in [-0.05, 0) is 84.0 Å². The zero-order chi connectivity index (χ0) is 25.0. The quantitative estimate of drug-likeness (QED) is 0.183. The molecule has 35 heavy (non-hydrogen) atoms. The number of rotatable bonds is 7. The van der Waals surface area contributed by atoms with Crippen LogP contribution in [0, 0.1) is 11.6 Å². The van der Waals surface area contributed by atoms with Gasteiger partial charge in [-0.3, -0.25) is 0 Å². The van der Waals surface area contributed by atoms with Crippen LogP contribution >= 0.6 is 0 Å². The maximum atomic E-state index is 15.2. The molecule has 0 atom stereocenters. The fraction of sp³-hybridized carbons (Fsp3) is 0.200. The number of hydrogen-bond acceptors (Lipinski definition) is 0. The highest BCUT2D eigenvalue weighted by Gasteiger charge is 2.33. The molecule has 4 aromatic carbocycles. The average Bonchev–Trinajstić information content (AvgIpc) is 2.83. The Balaban J connectivity index is 1.50. The summed E-state index contributed by atoms with van der Waals surface area (Å²) in [6.07, 6.45) is 1.92. The third kappa shape index (κ3) is 5.79. The van der Waals surface area contributed by atoms with Crippen molar-refractivity contribution in [2.24, 2.45) is 0 Å². The molecule has 0 aliphatic carbocycles. The van der Waals surface area contributed by atoms with Crippen LogP contribution in [0.15, 0.2) is 84.9 Å². The first-order valence-electron chi connectivity index (χ1n) is 11.5. The molecule has 0 heterocycles. The molecule has 0 radical (unpaired) electrons. The number of alkyl halides is 3. The van der Waals surface area contributed by atoms with Crippen molar-refractivity contribution in [3.05, 3.63) is 119 Å². The van der Waals surface area contributed by atoms with Gasteiger partial charge in [0.1, 0.15) is 11.6 Å². The molecule has 180 valence electrons. The molecule has 0 amide bonds. The maximum Gasteiger partial charge on any atom is 0.419 e. The van der Waals surface area contributed by atoms with Gasteiger partial charge in [-0.15, -0.1) is 0 Å². The minimum Gasteiger partial charge on any atom is -0.206 e. The molecule has 0 aromatic heterocycles. The Hall–Kier alpha value is -3.47. The van der Waals surface area contributed by atoms with E-state index in [-0.39, 0.29) is 18.7 Å². The summed E-state index contributed by atoms with van der Waals surface area (Å²) in [6.45, 7) is 2.01. The summed E-state index contributed by atoms with van der Waals surface area (Å²) in [7, 11) is 0. The molecule has 4 rings (SSSR count). The second-order valence-corrected chi connectivity index (χ2v) is 8.59. The molecule has 0 nitrogen and oxygen atoms in total. The van der Waals surface area contributed by atoms with E-state index in [2.05, 4.69) is 30.3 Å². The first kappa shape index (κ1) is 24.6. The van der Waals surface area contributed by atoms with Crippen molar-refractivity contribution in [2.75, 3.05) is 0 Å². The smallest absolute Gasteiger partial charge is 0.206 e. The molecule has 0 N–H and O–H groups in total. The first-order chi connectivity index (χ1) is 16.8. The van der Waals surface area contributed by atoms with Gasteiger partial charge in [0.15, 0.2) is 0 Å². The predicted octanol–water partition coefficient (Wildman–Crippen LogP) is 9.10. The average molecular weight is 481 g/mol. The summed E-state index contributed by atoms with van der Waals surface area (Å²) in [4.78, 5) is 0. The SMILES string of the molecule is C/C=C/CCc1ccc(-c2ccc3c(F)c(CCc4ccc(C(F)(F)F)c(F)c4)ccc3c2)cc1. The second-order valence-electron chi connectivity index (χ2n) is 8.59. The van der Waals surface area contributed by atoms with Crippen molar-refractivity contribution in [2.45, 2.75) is 38.8 Å². The molecule has 0 saturated heterocycles. The zero-order valence-electron chi connectivity index (χ0n) is 19.3. The Morgan fingerprint density at radius 1 is 0.714 bits per heavy atom. The first-order valence-corrected chi connectivity index (χ1v) is 11.5. The lowest BCUT2D eigenvalue weighted by Gasteiger charge is -2.11. The van der Waals surface area contributed by atoms with Crippen LogP contribution in [0.1, 0.15) is 35.6 Å². The fourth-order valence-corrected chi connectivity index (χ4v) is 4.21. The molecule has 0 unspecified atom stereocenters. The van der Waals surface area contributed by atoms with Gasteiger partial charge >= 0.3 is 6.18 Å². The van der Waals surface area contributed by atoms with Gasteiger partial charge in [-0.1, -0.05) is 66.7 Å². The maximum absolute atomic E-state index is 15.2. The van der Waals surface area contributed by atoms with E-state index in [4.69, 9.17) is 0 Å². The highest BCUT2D eigenvalue weighted by atomic mass is 19.4. The van der Waals surface area contributed by atoms with E-state index < -0.39 is 17.6 Å². The van der Waals surface area contributed by atoms with Crippen molar-refractivity contribution in [3.8, 4) is 11.1 Å². The van der Waals surface area contributed by atoms with Gasteiger partial charge in [0, 0.05) is 5.39 Å². The normalized spacial score (nSPS) is 12.1. The second kappa shape index (κ2) is 10.4. The molecule has 0 aliphatic rings. The van der Waals surface area contributed by atoms with Gasteiger partial charge < -0.3 is 0 Å². The van der Waals surface area contributed by atoms with Crippen molar-refractivity contribution >= 4 is 10.8 Å². The zero-order valence-corrected chi connectivity index (χ0v) is 19.3. The largest absolute Gasteiger partial charge is 0.419 e. The molecule has 4 aromatic rings. The number of fused-ring (bicyclic) bond motifs is 1. The number of benzene rings is 4. The molecular weight excluding hydrogens is 455 g/mol. The Bertz CT molecular complexity index is 1350. The monoisotopic (exact) mass is 480 g/mol. The summed E-state index contributed by atoms with van der Waals surface area (Å²) in [6, 6.07) is 20.3. The van der Waals surface area contributed by atoms with E-state index in [1.54, 1.807) is 12.1 Å². The van der Waals surface area contributed by atoms with E-state index in [0.717, 1.165) is 41.5 Å². The highest BCUT2D eigenvalue weighted by Crippen LogP contribution is 2.32. The summed E-state index contributed by atoms with van der Waals surface area (Å²) < 4.78 is 67.3. The van der Waals surface area contributed by atoms with Crippen molar-refractivity contribution in [1.29, 1.82) is 0 Å². The topological polar surface area (TPSA) is 0 Å². The third-order valence-corrected chi connectivity index (χ3v) is 6.18. The van der Waals surface area contributed by atoms with Gasteiger partial charge in [0.2, 0.25) is 0 Å². The Morgan fingerprint density at radius 2 is 1.43 bits per heavy atom. The summed E-state index contributed by atoms with van der Waals surface area (Å²) in [5.41, 5.74) is 2.84. The van der Waals surface area contributed by atoms with E-state index in [1.165, 1.54) is 11.6 Å². The highest BCUT2D eigenvalue weighted by molar-refractivity contribution is 5.88. The molecule has 0 spiro atoms. The van der Waals surface area contributed by atoms with Gasteiger partial charge in [-0.2, -0.15) is 13.2 Å². The van der Waals surface area contributed by atoms with Gasteiger partial charge in [-0.25, -0.2) is 8.78 Å². The van der Waals surface area contributed by atoms with E-state index in [1.807, 2.05) is 31.2 Å². The fourth-order valence-electron chi connectivity index (χ4n) is 4.21. The Labute approximate surface area is 201 Å². The van der Waals surface area contributed by atoms with Crippen LogP contribution in [0.4, 0.5) is 22.0 Å². The molecule has 0 aliphatic heterocycles. The predicted molar refractivity (Wildman–Crippen MR) is 131 cm³/mol. The number of allylic oxidation sites excluding steroid dienone is 2. The van der Waals surface area contributed by atoms with Gasteiger partial charge in [0.25, 0.3) is 0 Å². The lowest BCUT2D eigenvalue weighted by Crippen LogP contribution is -2.08. The minimum absolute atomic E-state index is 0.232. The van der Waals surface area contributed by atoms with Gasteiger partial charge in [0.05, 0.1) is 5.56 Å². The molecule has 0 saturated carbocycles. The molecule has 0 bridgehead atoms. The molecule has 0 fully saturated rings. The van der Waals surface area contributed by atoms with Crippen LogP contribution in [-0.4, -0.2) is 0 Å². The Morgan fingerprint density at radius 3 is 2.11 bits per heavy atom. The van der Waals surface area contributed by atoms with Crippen LogP contribution in [0.25, 0.3) is 21.9 Å². The van der Waals surface area contributed by atoms with Crippen molar-refractivity contribution in [1.82, 2.24) is 0 Å². The van der Waals surface area contributed by atoms with Crippen LogP contribution in [0.2, 0.25) is 0 Å². The number of halogens is 5. The number of hydrogen-bond donors (Lipinski definition) is 0. The van der Waals surface area contributed by atoms with E-state index in [0.29, 0.717) is 16.5 Å². The molecule has 5 heteroatoms. The van der Waals surface area contributed by atoms with E-state index in [9.17, 15) is 17.6 Å². The van der Waals surface area contributed by atoms with Crippen molar-refractivity contribution < 1.29 is 22.0 Å². The van der Waals surface area contributed by atoms with Crippen LogP contribution in [0.5, 0.6) is 0 Å². The lowest BCUT2D eigenvalue weighted by molar-refractivity contribution is -0.140. The van der Waals surface area contributed by atoms with E-state index >= 15 is 4.39 Å².